The van der Waals surface area contributed by atoms with Crippen LogP contribution in [0.4, 0.5) is 5.82 Å². The van der Waals surface area contributed by atoms with Crippen molar-refractivity contribution in [3.05, 3.63) is 32.6 Å². The van der Waals surface area contributed by atoms with Crippen molar-refractivity contribution in [3.63, 3.8) is 0 Å². The average molecular weight is 703 g/mol. The Hall–Kier alpha value is -1.92. The van der Waals surface area contributed by atoms with Crippen molar-refractivity contribution in [3.8, 4) is 0 Å². The molecule has 0 radical (unpaired) electrons. The van der Waals surface area contributed by atoms with Crippen molar-refractivity contribution in [1.29, 1.82) is 0 Å². The molecule has 0 saturated carbocycles. The Balaban J connectivity index is 1.17. The van der Waals surface area contributed by atoms with Crippen LogP contribution in [0.3, 0.4) is 0 Å². The summed E-state index contributed by atoms with van der Waals surface area (Å²) in [7, 11) is -10.7. The van der Waals surface area contributed by atoms with Crippen LogP contribution in [0.1, 0.15) is 6.23 Å². The lowest BCUT2D eigenvalue weighted by Gasteiger charge is -2.43. The number of nitrogens with one attached hydrogen (secondary N) is 3. The van der Waals surface area contributed by atoms with Gasteiger partial charge in [0.15, 0.2) is 18.7 Å². The van der Waals surface area contributed by atoms with Gasteiger partial charge in [0.25, 0.3) is 0 Å². The predicted octanol–water partition coefficient (Wildman–Crippen LogP) is -3.81. The molecule has 2 fully saturated rings. The van der Waals surface area contributed by atoms with Crippen molar-refractivity contribution in [2.24, 2.45) is 10.7 Å². The zero-order valence-electron chi connectivity index (χ0n) is 22.0. The highest BCUT2D eigenvalue weighted by atomic mass is 32.1. The fraction of sp³-hybridized carbons (Fsp3) is 0.579. The smallest absolute Gasteiger partial charge is 0.387 e. The lowest BCUT2D eigenvalue weighted by Crippen LogP contribution is -2.73. The second kappa shape index (κ2) is 12.7. The van der Waals surface area contributed by atoms with Gasteiger partial charge in [-0.1, -0.05) is 0 Å². The van der Waals surface area contributed by atoms with Gasteiger partial charge in [-0.2, -0.15) is 9.29 Å². The number of ether oxygens (including phenoxy) is 2. The van der Waals surface area contributed by atoms with E-state index in [-0.39, 0.29) is 21.5 Å². The zero-order chi connectivity index (χ0) is 32.1. The van der Waals surface area contributed by atoms with Gasteiger partial charge in [0.2, 0.25) is 5.91 Å². The van der Waals surface area contributed by atoms with Crippen molar-refractivity contribution in [2.75, 3.05) is 18.9 Å². The van der Waals surface area contributed by atoms with Crippen LogP contribution in [-0.4, -0.2) is 104 Å². The van der Waals surface area contributed by atoms with E-state index in [0.29, 0.717) is 0 Å². The van der Waals surface area contributed by atoms with Gasteiger partial charge in [-0.15, -0.1) is 25.3 Å². The summed E-state index contributed by atoms with van der Waals surface area (Å²) < 4.78 is 50.8. The number of thiol groups is 2. The maximum absolute atomic E-state index is 12.5. The first kappa shape index (κ1) is 33.4. The van der Waals surface area contributed by atoms with E-state index in [1.54, 1.807) is 0 Å². The molecule has 244 valence electrons. The molecule has 11 atom stereocenters. The molecular weight excluding hydrogens is 674 g/mol. The van der Waals surface area contributed by atoms with Gasteiger partial charge in [0, 0.05) is 16.0 Å². The number of amidine groups is 1. The molecule has 5 rings (SSSR count). The molecule has 0 aromatic carbocycles. The van der Waals surface area contributed by atoms with E-state index in [9.17, 15) is 38.7 Å². The summed E-state index contributed by atoms with van der Waals surface area (Å²) in [6.45, 7) is -1.66. The zero-order valence-corrected chi connectivity index (χ0v) is 25.6. The summed E-state index contributed by atoms with van der Waals surface area (Å²) in [4.78, 5) is 52.7. The van der Waals surface area contributed by atoms with Crippen LogP contribution >= 0.6 is 40.9 Å². The van der Waals surface area contributed by atoms with E-state index in [1.807, 2.05) is 0 Å². The maximum Gasteiger partial charge on any atom is 0.481 e. The highest BCUT2D eigenvalue weighted by molar-refractivity contribution is 7.88. The highest BCUT2D eigenvalue weighted by Crippen LogP contribution is 2.60. The number of aromatic nitrogens is 2. The van der Waals surface area contributed by atoms with Crippen LogP contribution in [0.5, 0.6) is 0 Å². The molecule has 11 N–H and O–H groups in total. The fourth-order valence-corrected chi connectivity index (χ4v) is 7.30. The SMILES string of the molecule is Nc1ccn([C@@H]2O[C@H](COP(=O)(O)OP(=O)(O)OC[C@H]3O[C@H]4N=C5NC(N)NC(=O)C5N[C@H]4C(S)=C3S)[C@@H](O)[C@H]2O)c(=O)n1. The van der Waals surface area contributed by atoms with E-state index in [4.69, 9.17) is 25.5 Å². The molecule has 5 heterocycles. The Kier molecular flexibility index (Phi) is 9.65. The van der Waals surface area contributed by atoms with Crippen molar-refractivity contribution in [1.82, 2.24) is 25.5 Å². The van der Waals surface area contributed by atoms with Gasteiger partial charge < -0.3 is 45.8 Å². The quantitative estimate of drug-likeness (QED) is 0.0868. The van der Waals surface area contributed by atoms with E-state index >= 15 is 0 Å². The Morgan fingerprint density at radius 1 is 1.05 bits per heavy atom. The number of aliphatic hydroxyl groups is 2. The van der Waals surface area contributed by atoms with Crippen molar-refractivity contribution < 1.29 is 56.8 Å². The van der Waals surface area contributed by atoms with E-state index in [2.05, 4.69) is 60.0 Å². The summed E-state index contributed by atoms with van der Waals surface area (Å²) in [5.41, 5.74) is 10.2. The van der Waals surface area contributed by atoms with E-state index < -0.39 is 95.7 Å². The number of nitrogen functional groups attached to an aromatic ring is 1. The number of carbonyl (C=O) groups is 1. The number of rotatable bonds is 9. The monoisotopic (exact) mass is 702 g/mol. The standard InChI is InChI=1S/C19H28N8O13P2S2/c20-7-1-2-27(19(31)22-7)17-11(29)10(28)5(39-17)3-36-41(32,33)40-42(34,35)37-4-6-12(43)13(44)8-16(38-6)24-14-9(23-8)15(30)26-18(21)25-14/h1-2,5-6,8-11,16-18,23,28-29,43-44H,3-4,21H2,(H,24,25)(H,26,30)(H,32,33)(H,34,35)(H2,20,22,31)/t5-,6-,8+,9?,10-,11-,16-,17-,18?/m1/s1. The molecule has 0 aliphatic carbocycles. The number of hydrogen-bond donors (Lipinski definition) is 11. The average Bonchev–Trinajstić information content (AvgIpc) is 3.20. The minimum absolute atomic E-state index is 0.101. The molecule has 4 aliphatic rings. The lowest BCUT2D eigenvalue weighted by atomic mass is 10.0. The minimum Gasteiger partial charge on any atom is -0.387 e. The molecule has 4 aliphatic heterocycles. The number of hydrogen-bond acceptors (Lipinski definition) is 19. The molecular formula is C19H28N8O13P2S2. The number of nitrogens with zero attached hydrogens (tertiary/aromatic N) is 3. The van der Waals surface area contributed by atoms with Crippen molar-refractivity contribution >= 4 is 58.5 Å². The molecule has 1 amide bonds. The van der Waals surface area contributed by atoms with E-state index in [1.165, 1.54) is 6.07 Å². The first-order valence-corrected chi connectivity index (χ1v) is 16.4. The van der Waals surface area contributed by atoms with Gasteiger partial charge in [0.05, 0.1) is 19.3 Å². The van der Waals surface area contributed by atoms with Gasteiger partial charge in [-0.05, 0) is 6.07 Å². The van der Waals surface area contributed by atoms with Crippen LogP contribution in [0.15, 0.2) is 31.9 Å². The van der Waals surface area contributed by atoms with Gasteiger partial charge in [0.1, 0.15) is 42.1 Å². The molecule has 4 unspecified atom stereocenters. The normalized spacial score (nSPS) is 36.3. The van der Waals surface area contributed by atoms with Crippen LogP contribution in [-0.2, 0) is 36.8 Å². The first-order chi connectivity index (χ1) is 20.5. The summed E-state index contributed by atoms with van der Waals surface area (Å²) in [6.07, 6.45) is -8.23. The Bertz CT molecular complexity index is 1530. The lowest BCUT2D eigenvalue weighted by molar-refractivity contribution is -0.124. The Morgan fingerprint density at radius 2 is 1.73 bits per heavy atom. The third-order valence-corrected chi connectivity index (χ3v) is 10.5. The summed E-state index contributed by atoms with van der Waals surface area (Å²) in [6, 6.07) is -0.355. The number of carbonyl (C=O) groups excluding carboxylic acids is 1. The minimum atomic E-state index is -5.35. The molecule has 1 aromatic heterocycles. The largest absolute Gasteiger partial charge is 0.481 e. The number of phosphoric acid groups is 2. The molecule has 21 nitrogen and oxygen atoms in total. The molecule has 25 heteroatoms. The molecule has 1 aromatic rings. The number of aliphatic imine (C=N–C) groups is 1. The second-order valence-corrected chi connectivity index (χ2v) is 13.7. The molecule has 2 saturated heterocycles. The van der Waals surface area contributed by atoms with Crippen LogP contribution < -0.4 is 33.1 Å². The number of fused-ring (bicyclic) bond motifs is 2. The second-order valence-electron chi connectivity index (χ2n) is 9.71. The van der Waals surface area contributed by atoms with Gasteiger partial charge in [-0.25, -0.2) is 18.9 Å². The third-order valence-electron chi connectivity index (χ3n) is 6.66. The van der Waals surface area contributed by atoms with Crippen LogP contribution in [0, 0.1) is 0 Å². The number of aliphatic hydroxyl groups excluding tert-OH is 2. The highest BCUT2D eigenvalue weighted by Gasteiger charge is 2.47. The summed E-state index contributed by atoms with van der Waals surface area (Å²) in [5, 5.41) is 28.8. The van der Waals surface area contributed by atoms with Crippen LogP contribution in [0.2, 0.25) is 0 Å². The van der Waals surface area contributed by atoms with Gasteiger partial charge in [-0.3, -0.25) is 29.5 Å². The third kappa shape index (κ3) is 7.07. The Labute approximate surface area is 258 Å². The first-order valence-electron chi connectivity index (χ1n) is 12.5. The number of anilines is 1. The Morgan fingerprint density at radius 3 is 2.41 bits per heavy atom. The molecule has 44 heavy (non-hydrogen) atoms. The summed E-state index contributed by atoms with van der Waals surface area (Å²) in [5.74, 6) is -0.349. The van der Waals surface area contributed by atoms with Gasteiger partial charge >= 0.3 is 21.3 Å². The number of phosphoric ester groups is 2. The topological polar surface area (TPSA) is 314 Å². The molecule has 0 spiro atoms. The molecule has 0 bridgehead atoms. The predicted molar refractivity (Wildman–Crippen MR) is 153 cm³/mol. The fourth-order valence-electron chi connectivity index (χ4n) is 4.60. The summed E-state index contributed by atoms with van der Waals surface area (Å²) >= 11 is 8.74. The van der Waals surface area contributed by atoms with Crippen molar-refractivity contribution in [2.45, 2.75) is 55.2 Å². The maximum atomic E-state index is 12.5. The van der Waals surface area contributed by atoms with E-state index in [0.717, 1.165) is 10.8 Å². The number of amides is 1. The number of nitrogens with two attached hydrogens (primary N) is 2. The van der Waals surface area contributed by atoms with Crippen LogP contribution in [0.25, 0.3) is 0 Å².